The molecule has 0 saturated carbocycles. The lowest BCUT2D eigenvalue weighted by Gasteiger charge is -2.11. The van der Waals surface area contributed by atoms with E-state index < -0.39 is 6.10 Å². The molecule has 0 aromatic heterocycles. The van der Waals surface area contributed by atoms with Gasteiger partial charge >= 0.3 is 0 Å². The molecule has 1 aromatic rings. The van der Waals surface area contributed by atoms with E-state index in [0.29, 0.717) is 0 Å². The van der Waals surface area contributed by atoms with E-state index in [4.69, 9.17) is 0 Å². The van der Waals surface area contributed by atoms with Crippen LogP contribution in [-0.2, 0) is 0 Å². The van der Waals surface area contributed by atoms with Crippen LogP contribution < -0.4 is 0 Å². The van der Waals surface area contributed by atoms with Crippen LogP contribution in [0, 0.1) is 6.92 Å². The highest BCUT2D eigenvalue weighted by Crippen LogP contribution is 2.24. The third-order valence-electron chi connectivity index (χ3n) is 1.85. The molecule has 13 heavy (non-hydrogen) atoms. The maximum Gasteiger partial charge on any atom is 0.0996 e. The predicted octanol–water partition coefficient (Wildman–Crippen LogP) is 3.37. The third kappa shape index (κ3) is 2.68. The second-order valence-corrected chi connectivity index (χ2v) is 4.23. The Morgan fingerprint density at radius 3 is 2.54 bits per heavy atom. The second kappa shape index (κ2) is 4.07. The fraction of sp³-hybridized carbons (Fsp3) is 0.273. The summed E-state index contributed by atoms with van der Waals surface area (Å²) in [6, 6.07) is 5.88. The van der Waals surface area contributed by atoms with Gasteiger partial charge in [0, 0.05) is 4.47 Å². The average Bonchev–Trinajstić information content (AvgIpc) is 2.01. The van der Waals surface area contributed by atoms with Crippen molar-refractivity contribution < 1.29 is 5.11 Å². The second-order valence-electron chi connectivity index (χ2n) is 3.31. The quantitative estimate of drug-likeness (QED) is 0.787. The van der Waals surface area contributed by atoms with Gasteiger partial charge < -0.3 is 5.11 Å². The molecule has 1 atom stereocenters. The molecule has 1 unspecified atom stereocenters. The third-order valence-corrected chi connectivity index (χ3v) is 2.30. The summed E-state index contributed by atoms with van der Waals surface area (Å²) in [4.78, 5) is 0. The number of aliphatic hydroxyl groups excluding tert-OH is 1. The Balaban J connectivity index is 3.07. The Bertz CT molecular complexity index is 311. The van der Waals surface area contributed by atoms with Crippen LogP contribution in [0.5, 0.6) is 0 Å². The van der Waals surface area contributed by atoms with Crippen molar-refractivity contribution in [2.75, 3.05) is 0 Å². The number of rotatable bonds is 2. The van der Waals surface area contributed by atoms with Crippen molar-refractivity contribution >= 4 is 15.9 Å². The average molecular weight is 241 g/mol. The smallest absolute Gasteiger partial charge is 0.0996 e. The minimum Gasteiger partial charge on any atom is -0.384 e. The summed E-state index contributed by atoms with van der Waals surface area (Å²) in [5.74, 6) is 0. The van der Waals surface area contributed by atoms with E-state index in [9.17, 15) is 5.11 Å². The lowest BCUT2D eigenvalue weighted by molar-refractivity contribution is 0.216. The van der Waals surface area contributed by atoms with Gasteiger partial charge in [-0.1, -0.05) is 28.6 Å². The Labute approximate surface area is 87.2 Å². The van der Waals surface area contributed by atoms with Crippen LogP contribution in [0.1, 0.15) is 24.2 Å². The molecule has 1 aromatic carbocycles. The molecule has 0 fully saturated rings. The largest absolute Gasteiger partial charge is 0.384 e. The highest BCUT2D eigenvalue weighted by molar-refractivity contribution is 9.10. The molecule has 0 radical (unpaired) electrons. The van der Waals surface area contributed by atoms with Crippen LogP contribution in [0.2, 0.25) is 0 Å². The van der Waals surface area contributed by atoms with Gasteiger partial charge in [0.25, 0.3) is 0 Å². The van der Waals surface area contributed by atoms with Gasteiger partial charge in [-0.3, -0.25) is 0 Å². The molecule has 1 nitrogen and oxygen atoms in total. The first-order valence-corrected chi connectivity index (χ1v) is 4.90. The van der Waals surface area contributed by atoms with Gasteiger partial charge in [-0.2, -0.15) is 0 Å². The molecule has 70 valence electrons. The first-order chi connectivity index (χ1) is 6.00. The summed E-state index contributed by atoms with van der Waals surface area (Å²) >= 11 is 3.39. The molecule has 0 bridgehead atoms. The zero-order valence-electron chi connectivity index (χ0n) is 7.84. The van der Waals surface area contributed by atoms with Crippen LogP contribution in [0.15, 0.2) is 34.8 Å². The summed E-state index contributed by atoms with van der Waals surface area (Å²) in [7, 11) is 0. The first-order valence-electron chi connectivity index (χ1n) is 4.11. The van der Waals surface area contributed by atoms with E-state index in [0.717, 1.165) is 21.2 Å². The molecule has 0 spiro atoms. The molecule has 0 heterocycles. The van der Waals surface area contributed by atoms with E-state index in [-0.39, 0.29) is 0 Å². The van der Waals surface area contributed by atoms with Crippen molar-refractivity contribution in [1.82, 2.24) is 0 Å². The number of aliphatic hydroxyl groups is 1. The number of hydrogen-bond donors (Lipinski definition) is 1. The number of benzene rings is 1. The molecule has 0 aliphatic rings. The van der Waals surface area contributed by atoms with E-state index in [1.807, 2.05) is 32.0 Å². The molecule has 0 saturated heterocycles. The topological polar surface area (TPSA) is 20.2 Å². The molecule has 0 aliphatic carbocycles. The lowest BCUT2D eigenvalue weighted by atomic mass is 10.0. The number of hydrogen-bond acceptors (Lipinski definition) is 1. The summed E-state index contributed by atoms with van der Waals surface area (Å²) in [5, 5.41) is 9.73. The molecular weight excluding hydrogens is 228 g/mol. The fourth-order valence-electron chi connectivity index (χ4n) is 1.21. The zero-order valence-corrected chi connectivity index (χ0v) is 9.43. The molecule has 2 heteroatoms. The maximum absolute atomic E-state index is 9.73. The lowest BCUT2D eigenvalue weighted by Crippen LogP contribution is -1.98. The normalized spacial score (nSPS) is 12.6. The highest BCUT2D eigenvalue weighted by Gasteiger charge is 2.08. The Kier molecular flexibility index (Phi) is 3.28. The van der Waals surface area contributed by atoms with Crippen LogP contribution in [-0.4, -0.2) is 5.11 Å². The van der Waals surface area contributed by atoms with Crippen molar-refractivity contribution in [2.45, 2.75) is 20.0 Å². The molecule has 0 amide bonds. The minimum atomic E-state index is -0.559. The SMILES string of the molecule is C=C(C)C(O)c1cc(C)cc(Br)c1. The number of aryl methyl sites for hydroxylation is 1. The summed E-state index contributed by atoms with van der Waals surface area (Å²) < 4.78 is 0.989. The Morgan fingerprint density at radius 2 is 2.08 bits per heavy atom. The Hall–Kier alpha value is -0.600. The van der Waals surface area contributed by atoms with Crippen molar-refractivity contribution in [3.63, 3.8) is 0 Å². The van der Waals surface area contributed by atoms with Crippen molar-refractivity contribution in [3.8, 4) is 0 Å². The van der Waals surface area contributed by atoms with Gasteiger partial charge in [0.15, 0.2) is 0 Å². The van der Waals surface area contributed by atoms with Gasteiger partial charge in [-0.15, -0.1) is 0 Å². The highest BCUT2D eigenvalue weighted by atomic mass is 79.9. The van der Waals surface area contributed by atoms with Gasteiger partial charge in [0.2, 0.25) is 0 Å². The van der Waals surface area contributed by atoms with Crippen LogP contribution >= 0.6 is 15.9 Å². The van der Waals surface area contributed by atoms with Crippen molar-refractivity contribution in [3.05, 3.63) is 46.0 Å². The first kappa shape index (κ1) is 10.5. The zero-order chi connectivity index (χ0) is 10.0. The van der Waals surface area contributed by atoms with Gasteiger partial charge in [0.05, 0.1) is 6.10 Å². The summed E-state index contributed by atoms with van der Waals surface area (Å²) in [5.41, 5.74) is 2.78. The number of halogens is 1. The molecule has 0 aliphatic heterocycles. The predicted molar refractivity (Wildman–Crippen MR) is 58.7 cm³/mol. The van der Waals surface area contributed by atoms with Gasteiger partial charge in [-0.05, 0) is 42.7 Å². The van der Waals surface area contributed by atoms with Gasteiger partial charge in [0.1, 0.15) is 0 Å². The van der Waals surface area contributed by atoms with E-state index in [1.165, 1.54) is 0 Å². The standard InChI is InChI=1S/C11H13BrO/c1-7(2)11(13)9-4-8(3)5-10(12)6-9/h4-6,11,13H,1H2,2-3H3. The van der Waals surface area contributed by atoms with Crippen LogP contribution in [0.3, 0.4) is 0 Å². The Morgan fingerprint density at radius 1 is 1.46 bits per heavy atom. The summed E-state index contributed by atoms with van der Waals surface area (Å²) in [6.45, 7) is 7.55. The van der Waals surface area contributed by atoms with E-state index in [1.54, 1.807) is 0 Å². The summed E-state index contributed by atoms with van der Waals surface area (Å²) in [6.07, 6.45) is -0.559. The van der Waals surface area contributed by atoms with Gasteiger partial charge in [-0.25, -0.2) is 0 Å². The monoisotopic (exact) mass is 240 g/mol. The van der Waals surface area contributed by atoms with Crippen LogP contribution in [0.4, 0.5) is 0 Å². The fourth-order valence-corrected chi connectivity index (χ4v) is 1.83. The van der Waals surface area contributed by atoms with E-state index in [2.05, 4.69) is 22.5 Å². The van der Waals surface area contributed by atoms with Crippen molar-refractivity contribution in [1.29, 1.82) is 0 Å². The molecule has 1 N–H and O–H groups in total. The van der Waals surface area contributed by atoms with E-state index >= 15 is 0 Å². The van der Waals surface area contributed by atoms with Crippen LogP contribution in [0.25, 0.3) is 0 Å². The minimum absolute atomic E-state index is 0.559. The maximum atomic E-state index is 9.73. The van der Waals surface area contributed by atoms with Crippen molar-refractivity contribution in [2.24, 2.45) is 0 Å². The molecular formula is C11H13BrO. The molecule has 1 rings (SSSR count).